The van der Waals surface area contributed by atoms with Crippen molar-refractivity contribution < 1.29 is 4.39 Å². The largest absolute Gasteiger partial charge is 0.296 e. The van der Waals surface area contributed by atoms with Gasteiger partial charge in [-0.05, 0) is 12.1 Å². The molecule has 2 nitrogen and oxygen atoms in total. The number of aromatic nitrogens is 1. The van der Waals surface area contributed by atoms with Crippen LogP contribution in [0.1, 0.15) is 5.01 Å². The van der Waals surface area contributed by atoms with Crippen molar-refractivity contribution in [3.63, 3.8) is 0 Å². The summed E-state index contributed by atoms with van der Waals surface area (Å²) in [5.41, 5.74) is 1.07. The zero-order valence-corrected chi connectivity index (χ0v) is 9.71. The summed E-state index contributed by atoms with van der Waals surface area (Å²) in [5, 5.41) is 1.14. The molecule has 3 rings (SSSR count). The van der Waals surface area contributed by atoms with E-state index in [1.165, 1.54) is 4.70 Å². The van der Waals surface area contributed by atoms with E-state index in [-0.39, 0.29) is 12.6 Å². The van der Waals surface area contributed by atoms with Crippen molar-refractivity contribution in [1.29, 1.82) is 0 Å². The molecule has 1 aromatic heterocycles. The van der Waals surface area contributed by atoms with Gasteiger partial charge in [0.2, 0.25) is 0 Å². The molecule has 0 aliphatic carbocycles. The quantitative estimate of drug-likeness (QED) is 0.814. The summed E-state index contributed by atoms with van der Waals surface area (Å²) < 4.78 is 13.5. The van der Waals surface area contributed by atoms with Gasteiger partial charge in [0.25, 0.3) is 0 Å². The average Bonchev–Trinajstić information content (AvgIpc) is 2.65. The van der Waals surface area contributed by atoms with Gasteiger partial charge in [0.1, 0.15) is 5.01 Å². The zero-order chi connectivity index (χ0) is 11.0. The fourth-order valence-electron chi connectivity index (χ4n) is 2.08. The van der Waals surface area contributed by atoms with Crippen LogP contribution >= 0.6 is 11.3 Å². The SMILES string of the molecule is FCC1CN(Cc2nc3ccccc3s2)C1. The lowest BCUT2D eigenvalue weighted by Crippen LogP contribution is -2.46. The summed E-state index contributed by atoms with van der Waals surface area (Å²) in [4.78, 5) is 6.82. The number of halogens is 1. The summed E-state index contributed by atoms with van der Waals surface area (Å²) >= 11 is 1.74. The van der Waals surface area contributed by atoms with E-state index < -0.39 is 0 Å². The number of thiazole rings is 1. The van der Waals surface area contributed by atoms with E-state index in [0.717, 1.165) is 30.2 Å². The van der Waals surface area contributed by atoms with E-state index in [1.807, 2.05) is 18.2 Å². The Morgan fingerprint density at radius 2 is 2.19 bits per heavy atom. The maximum Gasteiger partial charge on any atom is 0.108 e. The van der Waals surface area contributed by atoms with Gasteiger partial charge in [0.05, 0.1) is 23.4 Å². The molecular weight excluding hydrogens is 223 g/mol. The molecule has 0 spiro atoms. The first-order valence-corrected chi connectivity index (χ1v) is 6.29. The van der Waals surface area contributed by atoms with Crippen LogP contribution in [0.5, 0.6) is 0 Å². The Hall–Kier alpha value is -1.00. The number of likely N-dealkylation sites (tertiary alicyclic amines) is 1. The normalized spacial score (nSPS) is 17.8. The van der Waals surface area contributed by atoms with Crippen molar-refractivity contribution in [2.45, 2.75) is 6.54 Å². The van der Waals surface area contributed by atoms with E-state index in [0.29, 0.717) is 0 Å². The van der Waals surface area contributed by atoms with E-state index >= 15 is 0 Å². The van der Waals surface area contributed by atoms with E-state index in [2.05, 4.69) is 16.0 Å². The smallest absolute Gasteiger partial charge is 0.108 e. The molecule has 1 aliphatic rings. The molecule has 4 heteroatoms. The molecule has 0 N–H and O–H groups in total. The first kappa shape index (κ1) is 10.2. The Labute approximate surface area is 97.7 Å². The topological polar surface area (TPSA) is 16.1 Å². The molecule has 0 atom stereocenters. The van der Waals surface area contributed by atoms with Crippen LogP contribution in [-0.2, 0) is 6.54 Å². The van der Waals surface area contributed by atoms with Crippen LogP contribution in [0.4, 0.5) is 4.39 Å². The molecule has 0 bridgehead atoms. The zero-order valence-electron chi connectivity index (χ0n) is 8.90. The number of para-hydroxylation sites is 1. The number of alkyl halides is 1. The lowest BCUT2D eigenvalue weighted by molar-refractivity contribution is 0.0738. The highest BCUT2D eigenvalue weighted by Crippen LogP contribution is 2.25. The van der Waals surface area contributed by atoms with Gasteiger partial charge in [-0.25, -0.2) is 4.98 Å². The minimum Gasteiger partial charge on any atom is -0.296 e. The van der Waals surface area contributed by atoms with Crippen molar-refractivity contribution in [2.24, 2.45) is 5.92 Å². The molecule has 84 valence electrons. The molecular formula is C12H13FN2S. The van der Waals surface area contributed by atoms with Gasteiger partial charge in [-0.3, -0.25) is 9.29 Å². The molecule has 0 amide bonds. The van der Waals surface area contributed by atoms with Crippen LogP contribution < -0.4 is 0 Å². The summed E-state index contributed by atoms with van der Waals surface area (Å²) in [5.74, 6) is 0.259. The summed E-state index contributed by atoms with van der Waals surface area (Å²) in [6.07, 6.45) is 0. The minimum absolute atomic E-state index is 0.184. The van der Waals surface area contributed by atoms with Crippen LogP contribution in [0.3, 0.4) is 0 Å². The Balaban J connectivity index is 1.71. The van der Waals surface area contributed by atoms with Gasteiger partial charge in [-0.1, -0.05) is 12.1 Å². The van der Waals surface area contributed by atoms with Crippen molar-refractivity contribution in [2.75, 3.05) is 19.8 Å². The summed E-state index contributed by atoms with van der Waals surface area (Å²) in [6.45, 7) is 2.45. The molecule has 0 saturated carbocycles. The van der Waals surface area contributed by atoms with Gasteiger partial charge < -0.3 is 0 Å². The summed E-state index contributed by atoms with van der Waals surface area (Å²) in [6, 6.07) is 8.18. The number of fused-ring (bicyclic) bond motifs is 1. The monoisotopic (exact) mass is 236 g/mol. The highest BCUT2D eigenvalue weighted by atomic mass is 32.1. The number of hydrogen-bond acceptors (Lipinski definition) is 3. The average molecular weight is 236 g/mol. The fraction of sp³-hybridized carbons (Fsp3) is 0.417. The second-order valence-corrected chi connectivity index (χ2v) is 5.40. The van der Waals surface area contributed by atoms with Crippen molar-refractivity contribution in [3.05, 3.63) is 29.3 Å². The minimum atomic E-state index is -0.184. The van der Waals surface area contributed by atoms with Gasteiger partial charge >= 0.3 is 0 Å². The molecule has 16 heavy (non-hydrogen) atoms. The number of rotatable bonds is 3. The Bertz CT molecular complexity index is 457. The second kappa shape index (κ2) is 4.11. The molecule has 1 fully saturated rings. The molecule has 1 aromatic carbocycles. The maximum atomic E-state index is 12.3. The van der Waals surface area contributed by atoms with Crippen molar-refractivity contribution in [3.8, 4) is 0 Å². The highest BCUT2D eigenvalue weighted by Gasteiger charge is 2.26. The molecule has 2 heterocycles. The van der Waals surface area contributed by atoms with E-state index in [9.17, 15) is 4.39 Å². The molecule has 2 aromatic rings. The first-order valence-electron chi connectivity index (χ1n) is 5.48. The Morgan fingerprint density at radius 1 is 1.38 bits per heavy atom. The predicted octanol–water partition coefficient (Wildman–Crippen LogP) is 2.70. The third-order valence-corrected chi connectivity index (χ3v) is 3.97. The number of hydrogen-bond donors (Lipinski definition) is 0. The predicted molar refractivity (Wildman–Crippen MR) is 64.4 cm³/mol. The second-order valence-electron chi connectivity index (χ2n) is 4.29. The highest BCUT2D eigenvalue weighted by molar-refractivity contribution is 7.18. The maximum absolute atomic E-state index is 12.3. The van der Waals surface area contributed by atoms with Crippen molar-refractivity contribution >= 4 is 21.6 Å². The first-order chi connectivity index (χ1) is 7.85. The van der Waals surface area contributed by atoms with Gasteiger partial charge in [0, 0.05) is 19.0 Å². The lowest BCUT2D eigenvalue weighted by atomic mass is 10.0. The fourth-order valence-corrected chi connectivity index (χ4v) is 3.09. The van der Waals surface area contributed by atoms with Crippen LogP contribution in [-0.4, -0.2) is 29.6 Å². The molecule has 0 radical (unpaired) electrons. The molecule has 1 saturated heterocycles. The van der Waals surface area contributed by atoms with Crippen LogP contribution in [0.15, 0.2) is 24.3 Å². The standard InChI is InChI=1S/C12H13FN2S/c13-5-9-6-15(7-9)8-12-14-10-3-1-2-4-11(10)16-12/h1-4,9H,5-8H2. The molecule has 0 unspecified atom stereocenters. The van der Waals surface area contributed by atoms with Crippen LogP contribution in [0.25, 0.3) is 10.2 Å². The van der Waals surface area contributed by atoms with Gasteiger partial charge in [0.15, 0.2) is 0 Å². The van der Waals surface area contributed by atoms with Gasteiger partial charge in [-0.2, -0.15) is 0 Å². The number of nitrogens with zero attached hydrogens (tertiary/aromatic N) is 2. The van der Waals surface area contributed by atoms with Crippen LogP contribution in [0, 0.1) is 5.92 Å². The molecule has 1 aliphatic heterocycles. The van der Waals surface area contributed by atoms with Crippen molar-refractivity contribution in [1.82, 2.24) is 9.88 Å². The third-order valence-electron chi connectivity index (χ3n) is 2.95. The van der Waals surface area contributed by atoms with Gasteiger partial charge in [-0.15, -0.1) is 11.3 Å². The van der Waals surface area contributed by atoms with E-state index in [1.54, 1.807) is 11.3 Å². The van der Waals surface area contributed by atoms with Crippen LogP contribution in [0.2, 0.25) is 0 Å². The van der Waals surface area contributed by atoms with E-state index in [4.69, 9.17) is 0 Å². The Morgan fingerprint density at radius 3 is 2.94 bits per heavy atom. The third kappa shape index (κ3) is 1.83. The summed E-state index contributed by atoms with van der Waals surface area (Å²) in [7, 11) is 0. The number of benzene rings is 1. The lowest BCUT2D eigenvalue weighted by Gasteiger charge is -2.36. The Kier molecular flexibility index (Phi) is 2.61.